The molecule has 2 amide bonds. The molecule has 2 aromatic heterocycles. The van der Waals surface area contributed by atoms with E-state index in [-0.39, 0.29) is 12.1 Å². The number of hydrogen-bond donors (Lipinski definition) is 2. The summed E-state index contributed by atoms with van der Waals surface area (Å²) in [6.45, 7) is 6.80. The van der Waals surface area contributed by atoms with Crippen LogP contribution >= 0.6 is 0 Å². The molecule has 1 unspecified atom stereocenters. The van der Waals surface area contributed by atoms with Crippen molar-refractivity contribution in [2.24, 2.45) is 0 Å². The third-order valence-electron chi connectivity index (χ3n) is 4.09. The molecule has 0 bridgehead atoms. The lowest BCUT2D eigenvalue weighted by atomic mass is 10.2. The van der Waals surface area contributed by atoms with Crippen LogP contribution in [0.25, 0.3) is 0 Å². The van der Waals surface area contributed by atoms with Gasteiger partial charge in [0.25, 0.3) is 0 Å². The lowest BCUT2D eigenvalue weighted by Gasteiger charge is -2.18. The summed E-state index contributed by atoms with van der Waals surface area (Å²) in [5.41, 5.74) is 2.61. The zero-order valence-corrected chi connectivity index (χ0v) is 15.7. The summed E-state index contributed by atoms with van der Waals surface area (Å²) in [6.07, 6.45) is 1.62. The van der Waals surface area contributed by atoms with Crippen molar-refractivity contribution >= 4 is 11.7 Å². The Bertz CT molecular complexity index is 869. The number of hydrogen-bond acceptors (Lipinski definition) is 4. The van der Waals surface area contributed by atoms with Crippen molar-refractivity contribution in [3.63, 3.8) is 0 Å². The van der Waals surface area contributed by atoms with E-state index in [1.54, 1.807) is 18.4 Å². The predicted octanol–water partition coefficient (Wildman–Crippen LogP) is 3.90. The van der Waals surface area contributed by atoms with Crippen molar-refractivity contribution in [1.82, 2.24) is 15.1 Å². The van der Waals surface area contributed by atoms with Gasteiger partial charge in [-0.15, -0.1) is 0 Å². The van der Waals surface area contributed by atoms with Crippen LogP contribution in [0.15, 0.2) is 53.1 Å². The van der Waals surface area contributed by atoms with Gasteiger partial charge in [-0.1, -0.05) is 0 Å². The van der Waals surface area contributed by atoms with E-state index in [1.807, 2.05) is 55.8 Å². The van der Waals surface area contributed by atoms with E-state index in [9.17, 15) is 4.79 Å². The number of ether oxygens (including phenoxy) is 1. The van der Waals surface area contributed by atoms with Crippen LogP contribution in [-0.2, 0) is 0 Å². The quantitative estimate of drug-likeness (QED) is 0.663. The molecule has 0 saturated heterocycles. The van der Waals surface area contributed by atoms with E-state index in [4.69, 9.17) is 9.15 Å². The Hall–Kier alpha value is -3.22. The first-order valence-corrected chi connectivity index (χ1v) is 8.90. The molecular formula is C20H24N4O3. The largest absolute Gasteiger partial charge is 0.494 e. The van der Waals surface area contributed by atoms with Crippen LogP contribution in [0.2, 0.25) is 0 Å². The normalized spacial score (nSPS) is 11.8. The highest BCUT2D eigenvalue weighted by molar-refractivity contribution is 5.89. The van der Waals surface area contributed by atoms with Gasteiger partial charge in [0, 0.05) is 17.9 Å². The fraction of sp³-hybridized carbons (Fsp3) is 0.300. The molecule has 0 aliphatic carbocycles. The highest BCUT2D eigenvalue weighted by atomic mass is 16.5. The monoisotopic (exact) mass is 368 g/mol. The number of carbonyl (C=O) groups is 1. The molecule has 0 fully saturated rings. The van der Waals surface area contributed by atoms with E-state index in [2.05, 4.69) is 15.7 Å². The molecule has 3 aromatic rings. The van der Waals surface area contributed by atoms with Crippen LogP contribution < -0.4 is 15.4 Å². The van der Waals surface area contributed by atoms with Gasteiger partial charge in [-0.3, -0.25) is 4.68 Å². The number of anilines is 1. The molecular weight excluding hydrogens is 344 g/mol. The number of carbonyl (C=O) groups excluding carboxylic acids is 1. The van der Waals surface area contributed by atoms with E-state index >= 15 is 0 Å². The first kappa shape index (κ1) is 18.6. The minimum Gasteiger partial charge on any atom is -0.494 e. The Morgan fingerprint density at radius 1 is 1.26 bits per heavy atom. The van der Waals surface area contributed by atoms with Gasteiger partial charge in [0.2, 0.25) is 0 Å². The van der Waals surface area contributed by atoms with Crippen LogP contribution in [0.4, 0.5) is 10.5 Å². The van der Waals surface area contributed by atoms with E-state index in [1.165, 1.54) is 0 Å². The van der Waals surface area contributed by atoms with E-state index in [0.717, 1.165) is 22.9 Å². The Balaban J connectivity index is 1.65. The van der Waals surface area contributed by atoms with Crippen molar-refractivity contribution in [2.75, 3.05) is 18.5 Å². The summed E-state index contributed by atoms with van der Waals surface area (Å²) >= 11 is 0. The van der Waals surface area contributed by atoms with Crippen LogP contribution in [0.1, 0.15) is 30.1 Å². The second-order valence-electron chi connectivity index (χ2n) is 6.20. The van der Waals surface area contributed by atoms with Crippen molar-refractivity contribution in [3.8, 4) is 5.75 Å². The lowest BCUT2D eigenvalue weighted by molar-refractivity contribution is 0.249. The number of urea groups is 1. The molecule has 3 rings (SSSR count). The SMILES string of the molecule is CCOc1ccc(NC(=O)NCC(c2ccco2)n2nc(C)cc2C)cc1. The Labute approximate surface area is 158 Å². The Morgan fingerprint density at radius 2 is 2.04 bits per heavy atom. The number of benzene rings is 1. The van der Waals surface area contributed by atoms with Crippen molar-refractivity contribution in [3.05, 3.63) is 65.9 Å². The Morgan fingerprint density at radius 3 is 2.63 bits per heavy atom. The summed E-state index contributed by atoms with van der Waals surface area (Å²) in [7, 11) is 0. The fourth-order valence-electron chi connectivity index (χ4n) is 2.92. The summed E-state index contributed by atoms with van der Waals surface area (Å²) < 4.78 is 12.8. The first-order chi connectivity index (χ1) is 13.1. The van der Waals surface area contributed by atoms with Gasteiger partial charge < -0.3 is 19.8 Å². The van der Waals surface area contributed by atoms with Crippen molar-refractivity contribution < 1.29 is 13.9 Å². The van der Waals surface area contributed by atoms with Crippen LogP contribution in [0.3, 0.4) is 0 Å². The maximum Gasteiger partial charge on any atom is 0.319 e. The molecule has 142 valence electrons. The van der Waals surface area contributed by atoms with Gasteiger partial charge in [-0.05, 0) is 63.2 Å². The molecule has 0 aliphatic rings. The van der Waals surface area contributed by atoms with Crippen LogP contribution in [0.5, 0.6) is 5.75 Å². The van der Waals surface area contributed by atoms with E-state index < -0.39 is 0 Å². The molecule has 7 heteroatoms. The number of aryl methyl sites for hydroxylation is 2. The smallest absolute Gasteiger partial charge is 0.319 e. The molecule has 27 heavy (non-hydrogen) atoms. The highest BCUT2D eigenvalue weighted by Gasteiger charge is 2.20. The number of rotatable bonds is 7. The number of amides is 2. The summed E-state index contributed by atoms with van der Waals surface area (Å²) in [5, 5.41) is 10.2. The van der Waals surface area contributed by atoms with Crippen molar-refractivity contribution in [1.29, 1.82) is 0 Å². The van der Waals surface area contributed by atoms with Gasteiger partial charge >= 0.3 is 6.03 Å². The average molecular weight is 368 g/mol. The average Bonchev–Trinajstić information content (AvgIpc) is 3.27. The lowest BCUT2D eigenvalue weighted by Crippen LogP contribution is -2.35. The number of nitrogens with zero attached hydrogens (tertiary/aromatic N) is 2. The summed E-state index contributed by atoms with van der Waals surface area (Å²) in [4.78, 5) is 12.3. The first-order valence-electron chi connectivity index (χ1n) is 8.90. The zero-order chi connectivity index (χ0) is 19.2. The van der Waals surface area contributed by atoms with Crippen LogP contribution in [-0.4, -0.2) is 29.0 Å². The van der Waals surface area contributed by atoms with E-state index in [0.29, 0.717) is 18.8 Å². The fourth-order valence-corrected chi connectivity index (χ4v) is 2.92. The molecule has 0 radical (unpaired) electrons. The second kappa shape index (κ2) is 8.44. The zero-order valence-electron chi connectivity index (χ0n) is 15.7. The molecule has 2 heterocycles. The maximum atomic E-state index is 12.3. The van der Waals surface area contributed by atoms with Gasteiger partial charge in [0.15, 0.2) is 0 Å². The van der Waals surface area contributed by atoms with Gasteiger partial charge in [0.05, 0.1) is 18.6 Å². The van der Waals surface area contributed by atoms with Crippen molar-refractivity contribution in [2.45, 2.75) is 26.8 Å². The summed E-state index contributed by atoms with van der Waals surface area (Å²) in [5.74, 6) is 1.51. The minimum absolute atomic E-state index is 0.222. The predicted molar refractivity (Wildman–Crippen MR) is 103 cm³/mol. The standard InChI is InChI=1S/C20H24N4O3/c1-4-26-17-9-7-16(8-10-17)22-20(25)21-13-18(19-6-5-11-27-19)24-15(3)12-14(2)23-24/h5-12,18H,4,13H2,1-3H3,(H2,21,22,25). The topological polar surface area (TPSA) is 81.3 Å². The number of aromatic nitrogens is 2. The summed E-state index contributed by atoms with van der Waals surface area (Å²) in [6, 6.07) is 12.4. The van der Waals surface area contributed by atoms with Gasteiger partial charge in [-0.2, -0.15) is 5.10 Å². The molecule has 0 aliphatic heterocycles. The molecule has 1 atom stereocenters. The Kier molecular flexibility index (Phi) is 5.80. The minimum atomic E-state index is -0.294. The number of furan rings is 1. The molecule has 0 spiro atoms. The highest BCUT2D eigenvalue weighted by Crippen LogP contribution is 2.20. The third kappa shape index (κ3) is 4.69. The maximum absolute atomic E-state index is 12.3. The molecule has 2 N–H and O–H groups in total. The van der Waals surface area contributed by atoms with Crippen LogP contribution in [0, 0.1) is 13.8 Å². The molecule has 1 aromatic carbocycles. The second-order valence-corrected chi connectivity index (χ2v) is 6.20. The molecule has 7 nitrogen and oxygen atoms in total. The third-order valence-corrected chi connectivity index (χ3v) is 4.09. The van der Waals surface area contributed by atoms with Gasteiger partial charge in [0.1, 0.15) is 17.6 Å². The number of nitrogens with one attached hydrogen (secondary N) is 2. The molecule has 0 saturated carbocycles. The van der Waals surface area contributed by atoms with Gasteiger partial charge in [-0.25, -0.2) is 4.79 Å².